The van der Waals surface area contributed by atoms with E-state index >= 15 is 0 Å². The van der Waals surface area contributed by atoms with Crippen LogP contribution in [0.5, 0.6) is 0 Å². The molecule has 1 N–H and O–H groups in total. The van der Waals surface area contributed by atoms with Gasteiger partial charge < -0.3 is 10.2 Å². The fourth-order valence-corrected chi connectivity index (χ4v) is 4.00. The van der Waals surface area contributed by atoms with Crippen LogP contribution in [0.3, 0.4) is 0 Å². The molecule has 1 saturated heterocycles. The summed E-state index contributed by atoms with van der Waals surface area (Å²) in [4.78, 5) is 26.6. The molecule has 0 aliphatic carbocycles. The maximum absolute atomic E-state index is 12.3. The zero-order valence-corrected chi connectivity index (χ0v) is 13.5. The van der Waals surface area contributed by atoms with Crippen molar-refractivity contribution in [3.05, 3.63) is 58.3 Å². The van der Waals surface area contributed by atoms with Crippen molar-refractivity contribution in [1.82, 2.24) is 10.2 Å². The van der Waals surface area contributed by atoms with E-state index in [0.29, 0.717) is 6.54 Å². The highest BCUT2D eigenvalue weighted by molar-refractivity contribution is 8.13. The van der Waals surface area contributed by atoms with Gasteiger partial charge in [0, 0.05) is 17.2 Å². The van der Waals surface area contributed by atoms with Crippen LogP contribution in [0, 0.1) is 0 Å². The smallest absolute Gasteiger partial charge is 0.282 e. The van der Waals surface area contributed by atoms with Crippen molar-refractivity contribution in [3.8, 4) is 0 Å². The van der Waals surface area contributed by atoms with Gasteiger partial charge in [-0.25, -0.2) is 0 Å². The molecule has 6 heteroatoms. The maximum atomic E-state index is 12.3. The van der Waals surface area contributed by atoms with Crippen molar-refractivity contribution in [1.29, 1.82) is 0 Å². The number of hydrogen-bond acceptors (Lipinski definition) is 4. The van der Waals surface area contributed by atoms with Crippen LogP contribution < -0.4 is 5.32 Å². The van der Waals surface area contributed by atoms with Crippen molar-refractivity contribution in [2.75, 3.05) is 18.8 Å². The van der Waals surface area contributed by atoms with Crippen LogP contribution in [0.15, 0.2) is 47.8 Å². The van der Waals surface area contributed by atoms with E-state index in [4.69, 9.17) is 0 Å². The van der Waals surface area contributed by atoms with Crippen LogP contribution in [-0.2, 0) is 4.79 Å². The molecule has 0 unspecified atom stereocenters. The predicted molar refractivity (Wildman–Crippen MR) is 90.2 cm³/mol. The summed E-state index contributed by atoms with van der Waals surface area (Å²) in [6.07, 6.45) is 0. The summed E-state index contributed by atoms with van der Waals surface area (Å²) in [7, 11) is 0. The zero-order valence-electron chi connectivity index (χ0n) is 11.9. The van der Waals surface area contributed by atoms with E-state index in [-0.39, 0.29) is 23.7 Å². The number of amides is 2. The number of carbonyl (C=O) groups is 2. The molecular weight excluding hydrogens is 316 g/mol. The second-order valence-corrected chi connectivity index (χ2v) is 6.99. The molecule has 1 fully saturated rings. The molecule has 3 rings (SSSR count). The first kappa shape index (κ1) is 15.1. The summed E-state index contributed by atoms with van der Waals surface area (Å²) in [5, 5.41) is 5.04. The molecule has 0 radical (unpaired) electrons. The van der Waals surface area contributed by atoms with Gasteiger partial charge in [0.1, 0.15) is 6.54 Å². The van der Waals surface area contributed by atoms with E-state index in [2.05, 4.69) is 5.32 Å². The highest BCUT2D eigenvalue weighted by Gasteiger charge is 2.25. The van der Waals surface area contributed by atoms with Crippen LogP contribution in [0.2, 0.25) is 0 Å². The number of carbonyl (C=O) groups excluding carboxylic acids is 2. The minimum absolute atomic E-state index is 0.0115. The molecule has 1 atom stereocenters. The number of hydrogen-bond donors (Lipinski definition) is 1. The molecule has 2 amide bonds. The highest BCUT2D eigenvalue weighted by Crippen LogP contribution is 2.26. The first-order valence-corrected chi connectivity index (χ1v) is 8.90. The third kappa shape index (κ3) is 3.51. The second kappa shape index (κ2) is 6.98. The summed E-state index contributed by atoms with van der Waals surface area (Å²) in [5.41, 5.74) is 1.04. The SMILES string of the molecule is O=C(CN1CCSC1=O)N[C@H](c1ccccc1)c1cccs1. The van der Waals surface area contributed by atoms with Crippen molar-refractivity contribution >= 4 is 34.2 Å². The number of nitrogens with one attached hydrogen (secondary N) is 1. The topological polar surface area (TPSA) is 49.4 Å². The normalized spacial score (nSPS) is 15.8. The molecule has 4 nitrogen and oxygen atoms in total. The van der Waals surface area contributed by atoms with E-state index in [1.54, 1.807) is 16.2 Å². The molecular formula is C16H16N2O2S2. The molecule has 1 aliphatic rings. The molecule has 0 spiro atoms. The molecule has 0 saturated carbocycles. The Morgan fingerprint density at radius 1 is 1.23 bits per heavy atom. The van der Waals surface area contributed by atoms with Crippen LogP contribution in [0.25, 0.3) is 0 Å². The molecule has 1 aromatic carbocycles. The number of nitrogens with zero attached hydrogens (tertiary/aromatic N) is 1. The fourth-order valence-electron chi connectivity index (χ4n) is 2.37. The van der Waals surface area contributed by atoms with Crippen molar-refractivity contribution in [2.45, 2.75) is 6.04 Å². The minimum atomic E-state index is -0.168. The average molecular weight is 332 g/mol. The number of thioether (sulfide) groups is 1. The van der Waals surface area contributed by atoms with Crippen LogP contribution >= 0.6 is 23.1 Å². The van der Waals surface area contributed by atoms with E-state index in [1.165, 1.54) is 11.8 Å². The Kier molecular flexibility index (Phi) is 4.80. The molecule has 1 aromatic heterocycles. The van der Waals surface area contributed by atoms with Crippen LogP contribution in [0.1, 0.15) is 16.5 Å². The van der Waals surface area contributed by atoms with Gasteiger partial charge in [0.25, 0.3) is 5.24 Å². The lowest BCUT2D eigenvalue weighted by molar-refractivity contribution is -0.122. The van der Waals surface area contributed by atoms with Crippen molar-refractivity contribution in [3.63, 3.8) is 0 Å². The number of benzene rings is 1. The lowest BCUT2D eigenvalue weighted by Crippen LogP contribution is -2.39. The molecule has 0 bridgehead atoms. The Labute approximate surface area is 137 Å². The first-order valence-electron chi connectivity index (χ1n) is 7.03. The Balaban J connectivity index is 1.73. The van der Waals surface area contributed by atoms with Gasteiger partial charge in [0.2, 0.25) is 5.91 Å². The van der Waals surface area contributed by atoms with Crippen LogP contribution in [0.4, 0.5) is 4.79 Å². The van der Waals surface area contributed by atoms with Gasteiger partial charge in [-0.15, -0.1) is 11.3 Å². The van der Waals surface area contributed by atoms with E-state index < -0.39 is 0 Å². The number of thiophene rings is 1. The van der Waals surface area contributed by atoms with Gasteiger partial charge in [-0.05, 0) is 17.0 Å². The largest absolute Gasteiger partial charge is 0.343 e. The summed E-state index contributed by atoms with van der Waals surface area (Å²) >= 11 is 2.88. The van der Waals surface area contributed by atoms with Crippen molar-refractivity contribution < 1.29 is 9.59 Å². The van der Waals surface area contributed by atoms with Gasteiger partial charge in [-0.2, -0.15) is 0 Å². The van der Waals surface area contributed by atoms with Gasteiger partial charge >= 0.3 is 0 Å². The average Bonchev–Trinajstić information content (AvgIpc) is 3.18. The molecule has 114 valence electrons. The third-order valence-electron chi connectivity index (χ3n) is 3.45. The molecule has 1 aliphatic heterocycles. The Bertz CT molecular complexity index is 643. The Hall–Kier alpha value is -1.79. The highest BCUT2D eigenvalue weighted by atomic mass is 32.2. The molecule has 2 aromatic rings. The lowest BCUT2D eigenvalue weighted by atomic mass is 10.1. The number of rotatable bonds is 5. The lowest BCUT2D eigenvalue weighted by Gasteiger charge is -2.20. The maximum Gasteiger partial charge on any atom is 0.282 e. The zero-order chi connectivity index (χ0) is 15.4. The Morgan fingerprint density at radius 3 is 2.68 bits per heavy atom. The minimum Gasteiger partial charge on any atom is -0.343 e. The summed E-state index contributed by atoms with van der Waals surface area (Å²) in [6.45, 7) is 0.770. The van der Waals surface area contributed by atoms with Gasteiger partial charge in [-0.3, -0.25) is 9.59 Å². The second-order valence-electron chi connectivity index (χ2n) is 4.96. The quantitative estimate of drug-likeness (QED) is 0.915. The molecule has 2 heterocycles. The van der Waals surface area contributed by atoms with Gasteiger partial charge in [0.15, 0.2) is 0 Å². The van der Waals surface area contributed by atoms with Gasteiger partial charge in [0.05, 0.1) is 6.04 Å². The fraction of sp³-hybridized carbons (Fsp3) is 0.250. The standard InChI is InChI=1S/C16H16N2O2S2/c19-14(11-18-8-10-22-16(18)20)17-15(13-7-4-9-21-13)12-5-2-1-3-6-12/h1-7,9,15H,8,10-11H2,(H,17,19)/t15-/m1/s1. The molecule has 22 heavy (non-hydrogen) atoms. The Morgan fingerprint density at radius 2 is 2.05 bits per heavy atom. The van der Waals surface area contributed by atoms with E-state index in [0.717, 1.165) is 16.2 Å². The first-order chi connectivity index (χ1) is 10.7. The third-order valence-corrected chi connectivity index (χ3v) is 5.27. The summed E-state index contributed by atoms with van der Waals surface area (Å²) in [5.74, 6) is 0.636. The van der Waals surface area contributed by atoms with Crippen LogP contribution in [-0.4, -0.2) is 34.9 Å². The predicted octanol–water partition coefficient (Wildman–Crippen LogP) is 3.12. The van der Waals surface area contributed by atoms with E-state index in [1.807, 2.05) is 47.8 Å². The summed E-state index contributed by atoms with van der Waals surface area (Å²) in [6, 6.07) is 13.7. The monoisotopic (exact) mass is 332 g/mol. The van der Waals surface area contributed by atoms with Gasteiger partial charge in [-0.1, -0.05) is 48.2 Å². The van der Waals surface area contributed by atoms with E-state index in [9.17, 15) is 9.59 Å². The summed E-state index contributed by atoms with van der Waals surface area (Å²) < 4.78 is 0. The van der Waals surface area contributed by atoms with Crippen molar-refractivity contribution in [2.24, 2.45) is 0 Å².